The highest BCUT2D eigenvalue weighted by molar-refractivity contribution is 7.92. The highest BCUT2D eigenvalue weighted by Crippen LogP contribution is 2.50. The number of carbonyl (C=O) groups is 4. The van der Waals surface area contributed by atoms with E-state index in [0.717, 1.165) is 39.0 Å². The van der Waals surface area contributed by atoms with Crippen LogP contribution in [0.3, 0.4) is 0 Å². The average Bonchev–Trinajstić information content (AvgIpc) is 3.95. The number of carbonyl (C=O) groups excluding carboxylic acids is 4. The number of phenols is 1. The number of nitrogens with one attached hydrogen (secondary N) is 3. The molecule has 4 aromatic rings. The molecule has 4 fully saturated rings. The predicted octanol–water partition coefficient (Wildman–Crippen LogP) is 5.59. The second-order valence-corrected chi connectivity index (χ2v) is 23.5. The number of esters is 1. The van der Waals surface area contributed by atoms with Crippen molar-refractivity contribution in [2.45, 2.75) is 134 Å². The van der Waals surface area contributed by atoms with Crippen LogP contribution >= 0.6 is 0 Å². The molecular formula is C52H67N7O9S. The normalized spacial score (nSPS) is 26.1. The standard InChI is InChI=1S/C52H67N7O9S/c1-8-57-42-14-13-33-25-38(42)39(46(57)37-11-9-18-53-44(37)31(4)67-7)27-51(5,6)29-68-49(63)40-12-10-19-59(56-40)48(62)41(23-32-21-34(33)24-35(60)22-32)55-47(61)45(30(2)3)58-20-17-52(50(58)64)16-15-36(26-52)69(65,66)43-28-54-43/h9,11,13-14,18,21-22,24-25,30-31,36,40-41,43,45,54,56,60H,8,10,12,15-17,19-20,23,26-29H2,1-7H3,(H,55,61)/t31-,36?,40-,41-,43-,45?,52-/m0/s1. The Morgan fingerprint density at radius 2 is 1.83 bits per heavy atom. The van der Waals surface area contributed by atoms with E-state index in [1.807, 2.05) is 39.0 Å². The lowest BCUT2D eigenvalue weighted by molar-refractivity contribution is -0.155. The van der Waals surface area contributed by atoms with Crippen LogP contribution in [0.15, 0.2) is 54.7 Å². The van der Waals surface area contributed by atoms with E-state index in [-0.39, 0.29) is 56.2 Å². The fraction of sp³-hybridized carbons (Fsp3) is 0.558. The van der Waals surface area contributed by atoms with Crippen molar-refractivity contribution in [3.8, 4) is 28.1 Å². The molecule has 17 heteroatoms. The van der Waals surface area contributed by atoms with Crippen LogP contribution in [0.4, 0.5) is 0 Å². The van der Waals surface area contributed by atoms with Crippen molar-refractivity contribution in [2.75, 3.05) is 33.4 Å². The summed E-state index contributed by atoms with van der Waals surface area (Å²) in [6.07, 6.45) is 4.45. The van der Waals surface area contributed by atoms with Crippen molar-refractivity contribution in [3.05, 3.63) is 71.5 Å². The molecule has 0 radical (unpaired) electrons. The number of phenolic OH excluding ortho intramolecular Hbond substituents is 1. The first kappa shape index (κ1) is 48.7. The molecule has 4 N–H and O–H groups in total. The van der Waals surface area contributed by atoms with Gasteiger partial charge < -0.3 is 29.4 Å². The lowest BCUT2D eigenvalue weighted by Crippen LogP contribution is -2.62. The molecule has 6 bridgehead atoms. The van der Waals surface area contributed by atoms with Crippen LogP contribution in [0, 0.1) is 16.7 Å². The molecule has 370 valence electrons. The number of aromatic hydroxyl groups is 1. The van der Waals surface area contributed by atoms with Crippen LogP contribution in [0.2, 0.25) is 0 Å². The SMILES string of the molecule is CCn1c(-c2cccnc2[C@H](C)OC)c2c3cc(ccc31)-c1cc(O)cc(c1)C[C@H](NC(=O)C(C(C)C)N1CC[C@]3(CCC(S(=O)(=O)[C@H]4CN4)C3)C1=O)C(=O)N1CCC[C@H](N1)C(=O)OCC(C)(C)C2. The summed E-state index contributed by atoms with van der Waals surface area (Å²) in [4.78, 5) is 64.4. The van der Waals surface area contributed by atoms with E-state index in [4.69, 9.17) is 14.5 Å². The van der Waals surface area contributed by atoms with Gasteiger partial charge >= 0.3 is 5.97 Å². The van der Waals surface area contributed by atoms with Gasteiger partial charge in [-0.2, -0.15) is 0 Å². The number of methoxy groups -OCH3 is 1. The third-order valence-corrected chi connectivity index (χ3v) is 17.7. The van der Waals surface area contributed by atoms with Crippen molar-refractivity contribution >= 4 is 44.4 Å². The summed E-state index contributed by atoms with van der Waals surface area (Å²) in [7, 11) is -1.75. The van der Waals surface area contributed by atoms with Gasteiger partial charge in [-0.25, -0.2) is 13.8 Å². The van der Waals surface area contributed by atoms with Crippen molar-refractivity contribution in [3.63, 3.8) is 0 Å². The van der Waals surface area contributed by atoms with Gasteiger partial charge in [0.1, 0.15) is 29.2 Å². The largest absolute Gasteiger partial charge is 0.508 e. The van der Waals surface area contributed by atoms with Crippen molar-refractivity contribution in [1.29, 1.82) is 0 Å². The first-order chi connectivity index (χ1) is 32.8. The number of sulfone groups is 1. The number of aryl methyl sites for hydroxylation is 1. The van der Waals surface area contributed by atoms with E-state index in [1.54, 1.807) is 30.3 Å². The average molecular weight is 966 g/mol. The lowest BCUT2D eigenvalue weighted by atomic mass is 9.84. The van der Waals surface area contributed by atoms with Crippen molar-refractivity contribution in [1.82, 2.24) is 35.5 Å². The third-order valence-electron chi connectivity index (χ3n) is 15.3. The van der Waals surface area contributed by atoms with Crippen LogP contribution in [0.25, 0.3) is 33.3 Å². The van der Waals surface area contributed by atoms with Gasteiger partial charge in [0.15, 0.2) is 9.84 Å². The molecule has 2 unspecified atom stereocenters. The molecule has 1 spiro atoms. The number of aromatic nitrogens is 2. The molecule has 1 aliphatic carbocycles. The van der Waals surface area contributed by atoms with E-state index in [2.05, 4.69) is 59.6 Å². The summed E-state index contributed by atoms with van der Waals surface area (Å²) in [6.45, 7) is 13.7. The van der Waals surface area contributed by atoms with Gasteiger partial charge in [-0.3, -0.25) is 34.5 Å². The summed E-state index contributed by atoms with van der Waals surface area (Å²) in [6, 6.07) is 12.5. The van der Waals surface area contributed by atoms with Gasteiger partial charge in [0.25, 0.3) is 5.91 Å². The van der Waals surface area contributed by atoms with E-state index < -0.39 is 67.2 Å². The van der Waals surface area contributed by atoms with Gasteiger partial charge in [0, 0.05) is 67.8 Å². The Labute approximate surface area is 404 Å². The van der Waals surface area contributed by atoms with E-state index in [1.165, 1.54) is 5.01 Å². The Morgan fingerprint density at radius 1 is 1.04 bits per heavy atom. The molecule has 9 rings (SSSR count). The van der Waals surface area contributed by atoms with Crippen LogP contribution in [0.1, 0.15) is 103 Å². The second-order valence-electron chi connectivity index (χ2n) is 21.1. The number of pyridine rings is 1. The van der Waals surface area contributed by atoms with Crippen LogP contribution < -0.4 is 16.1 Å². The van der Waals surface area contributed by atoms with Gasteiger partial charge in [-0.15, -0.1) is 0 Å². The molecule has 2 aromatic carbocycles. The van der Waals surface area contributed by atoms with Crippen molar-refractivity contribution in [2.24, 2.45) is 16.7 Å². The third kappa shape index (κ3) is 9.27. The number of fused-ring (bicyclic) bond motifs is 6. The minimum atomic E-state index is -3.42. The molecule has 69 heavy (non-hydrogen) atoms. The number of cyclic esters (lactones) is 1. The predicted molar refractivity (Wildman–Crippen MR) is 261 cm³/mol. The molecular weight excluding hydrogens is 899 g/mol. The Hall–Kier alpha value is -5.36. The quantitative estimate of drug-likeness (QED) is 0.113. The molecule has 7 atom stereocenters. The Bertz CT molecular complexity index is 2790. The molecule has 1 saturated carbocycles. The minimum absolute atomic E-state index is 0.0162. The number of benzene rings is 2. The zero-order chi connectivity index (χ0) is 49.2. The van der Waals surface area contributed by atoms with Gasteiger partial charge in [0.05, 0.1) is 34.8 Å². The van der Waals surface area contributed by atoms with Crippen LogP contribution in [-0.4, -0.2) is 119 Å². The highest BCUT2D eigenvalue weighted by Gasteiger charge is 2.57. The first-order valence-corrected chi connectivity index (χ1v) is 26.2. The number of ether oxygens (including phenoxy) is 2. The number of amides is 3. The van der Waals surface area contributed by atoms with Gasteiger partial charge in [0.2, 0.25) is 11.8 Å². The molecule has 4 aliphatic heterocycles. The van der Waals surface area contributed by atoms with E-state index >= 15 is 0 Å². The maximum Gasteiger partial charge on any atom is 0.324 e. The molecule has 3 amide bonds. The fourth-order valence-corrected chi connectivity index (χ4v) is 13.6. The zero-order valence-electron chi connectivity index (χ0n) is 40.8. The van der Waals surface area contributed by atoms with Crippen LogP contribution in [0.5, 0.6) is 5.75 Å². The number of hydrazine groups is 1. The summed E-state index contributed by atoms with van der Waals surface area (Å²) in [5.41, 5.74) is 8.64. The van der Waals surface area contributed by atoms with E-state index in [0.29, 0.717) is 62.7 Å². The monoisotopic (exact) mass is 965 g/mol. The van der Waals surface area contributed by atoms with Crippen molar-refractivity contribution < 1.29 is 42.2 Å². The van der Waals surface area contributed by atoms with Gasteiger partial charge in [-0.05, 0) is 123 Å². The molecule has 2 aromatic heterocycles. The molecule has 6 heterocycles. The van der Waals surface area contributed by atoms with Crippen LogP contribution in [-0.2, 0) is 57.9 Å². The Balaban J connectivity index is 1.09. The van der Waals surface area contributed by atoms with E-state index in [9.17, 15) is 32.7 Å². The minimum Gasteiger partial charge on any atom is -0.508 e. The summed E-state index contributed by atoms with van der Waals surface area (Å²) in [5.74, 6) is -2.07. The second kappa shape index (κ2) is 18.8. The maximum absolute atomic E-state index is 14.8. The van der Waals surface area contributed by atoms with Gasteiger partial charge in [-0.1, -0.05) is 39.8 Å². The number of likely N-dealkylation sites (tertiary alicyclic amines) is 1. The fourth-order valence-electron chi connectivity index (χ4n) is 11.5. The molecule has 5 aliphatic rings. The first-order valence-electron chi connectivity index (χ1n) is 24.6. The Morgan fingerprint density at radius 3 is 2.55 bits per heavy atom. The summed E-state index contributed by atoms with van der Waals surface area (Å²) >= 11 is 0. The zero-order valence-corrected chi connectivity index (χ0v) is 41.7. The lowest BCUT2D eigenvalue weighted by Gasteiger charge is -2.37. The topological polar surface area (TPSA) is 211 Å². The summed E-state index contributed by atoms with van der Waals surface area (Å²) in [5, 5.41) is 18.5. The Kier molecular flexibility index (Phi) is 13.2. The number of nitrogens with zero attached hydrogens (tertiary/aromatic N) is 4. The smallest absolute Gasteiger partial charge is 0.324 e. The highest BCUT2D eigenvalue weighted by atomic mass is 32.2. The number of hydrogen-bond acceptors (Lipinski definition) is 12. The molecule has 16 nitrogen and oxygen atoms in total. The number of rotatable bonds is 10. The number of hydrogen-bond donors (Lipinski definition) is 4. The summed E-state index contributed by atoms with van der Waals surface area (Å²) < 4.78 is 40.7. The molecule has 3 saturated heterocycles. The maximum atomic E-state index is 14.8.